The zero-order valence-corrected chi connectivity index (χ0v) is 19.7. The fourth-order valence-corrected chi connectivity index (χ4v) is 5.12. The number of carbonyl (C=O) groups is 2. The molecule has 1 aliphatic rings. The molecule has 1 fully saturated rings. The van der Waals surface area contributed by atoms with Crippen molar-refractivity contribution in [3.63, 3.8) is 0 Å². The van der Waals surface area contributed by atoms with Gasteiger partial charge in [-0.1, -0.05) is 19.9 Å². The van der Waals surface area contributed by atoms with Gasteiger partial charge in [-0.25, -0.2) is 0 Å². The molecule has 7 nitrogen and oxygen atoms in total. The highest BCUT2D eigenvalue weighted by Crippen LogP contribution is 2.33. The maximum absolute atomic E-state index is 13.0. The number of anilines is 1. The Kier molecular flexibility index (Phi) is 7.13. The lowest BCUT2D eigenvalue weighted by atomic mass is 9.83. The van der Waals surface area contributed by atoms with Gasteiger partial charge in [0.05, 0.1) is 10.4 Å². The maximum atomic E-state index is 13.0. The molecule has 2 aromatic carbocycles. The smallest absolute Gasteiger partial charge is 0.293 e. The third-order valence-electron chi connectivity index (χ3n) is 5.91. The van der Waals surface area contributed by atoms with E-state index in [0.29, 0.717) is 43.9 Å². The summed E-state index contributed by atoms with van der Waals surface area (Å²) in [5.41, 5.74) is 2.79. The minimum Gasteiger partial charge on any atom is -0.461 e. The van der Waals surface area contributed by atoms with Crippen molar-refractivity contribution in [2.24, 2.45) is 5.92 Å². The van der Waals surface area contributed by atoms with Gasteiger partial charge in [0.25, 0.3) is 12.4 Å². The highest BCUT2D eigenvalue weighted by Gasteiger charge is 2.38. The number of aromatic nitrogens is 2. The first-order valence-electron chi connectivity index (χ1n) is 11.1. The number of benzene rings is 2. The van der Waals surface area contributed by atoms with E-state index in [2.05, 4.69) is 28.5 Å². The number of carbonyl (C=O) groups excluding carboxylic acids is 2. The first-order chi connectivity index (χ1) is 16.0. The van der Waals surface area contributed by atoms with E-state index < -0.39 is 5.60 Å². The molecule has 0 aliphatic carbocycles. The summed E-state index contributed by atoms with van der Waals surface area (Å²) >= 11 is 1.46. The molecule has 172 valence electrons. The van der Waals surface area contributed by atoms with Crippen LogP contribution in [-0.2, 0) is 9.53 Å². The molecule has 1 amide bonds. The molecule has 0 saturated carbocycles. The van der Waals surface area contributed by atoms with Crippen LogP contribution in [0.5, 0.6) is 0 Å². The number of nitrogens with one attached hydrogen (secondary N) is 1. The molecule has 0 unspecified atom stereocenters. The van der Waals surface area contributed by atoms with Crippen LogP contribution >= 0.6 is 11.9 Å². The lowest BCUT2D eigenvalue weighted by molar-refractivity contribution is -0.150. The third kappa shape index (κ3) is 5.45. The average Bonchev–Trinajstić information content (AvgIpc) is 2.83. The third-order valence-corrected chi connectivity index (χ3v) is 6.80. The van der Waals surface area contributed by atoms with Gasteiger partial charge in [0.2, 0.25) is 0 Å². The second kappa shape index (κ2) is 10.2. The van der Waals surface area contributed by atoms with Crippen molar-refractivity contribution in [3.8, 4) is 0 Å². The standard InChI is InChI=1S/C25H28N4O3S/c1-18(2)16-25(32-17-30)10-14-29(15-11-25)24(31)19-6-8-20(9-7-19)28-33-22-5-3-4-21-23(22)27-13-12-26-21/h3-9,12-13,17-18,28H,10-11,14-16H2,1-2H3. The van der Waals surface area contributed by atoms with Crippen LogP contribution in [0.15, 0.2) is 59.8 Å². The maximum Gasteiger partial charge on any atom is 0.293 e. The van der Waals surface area contributed by atoms with Gasteiger partial charge in [0.15, 0.2) is 0 Å². The molecule has 0 atom stereocenters. The lowest BCUT2D eigenvalue weighted by Crippen LogP contribution is -2.48. The number of rotatable bonds is 8. The number of hydrogen-bond donors (Lipinski definition) is 1. The van der Waals surface area contributed by atoms with Gasteiger partial charge < -0.3 is 14.4 Å². The predicted molar refractivity (Wildman–Crippen MR) is 130 cm³/mol. The molecular weight excluding hydrogens is 436 g/mol. The molecule has 33 heavy (non-hydrogen) atoms. The zero-order valence-electron chi connectivity index (χ0n) is 18.9. The van der Waals surface area contributed by atoms with Crippen molar-refractivity contribution in [3.05, 3.63) is 60.4 Å². The highest BCUT2D eigenvalue weighted by atomic mass is 32.2. The summed E-state index contributed by atoms with van der Waals surface area (Å²) in [4.78, 5) is 35.6. The number of fused-ring (bicyclic) bond motifs is 1. The second-order valence-corrected chi connectivity index (χ2v) is 9.60. The molecule has 0 bridgehead atoms. The van der Waals surface area contributed by atoms with E-state index in [9.17, 15) is 9.59 Å². The predicted octanol–water partition coefficient (Wildman–Crippen LogP) is 4.94. The Bertz CT molecular complexity index is 1110. The minimum absolute atomic E-state index is 0.00257. The Morgan fingerprint density at radius 2 is 1.88 bits per heavy atom. The molecule has 0 spiro atoms. The summed E-state index contributed by atoms with van der Waals surface area (Å²) in [5.74, 6) is 0.425. The average molecular weight is 465 g/mol. The lowest BCUT2D eigenvalue weighted by Gasteiger charge is -2.41. The van der Waals surface area contributed by atoms with E-state index in [1.165, 1.54) is 11.9 Å². The molecule has 3 aromatic rings. The molecule has 1 aromatic heterocycles. The topological polar surface area (TPSA) is 84.4 Å². The Morgan fingerprint density at radius 3 is 2.58 bits per heavy atom. The van der Waals surface area contributed by atoms with E-state index in [1.807, 2.05) is 47.4 Å². The van der Waals surface area contributed by atoms with Gasteiger partial charge in [0, 0.05) is 49.6 Å². The van der Waals surface area contributed by atoms with Crippen LogP contribution in [0, 0.1) is 5.92 Å². The normalized spacial score (nSPS) is 15.4. The molecular formula is C25H28N4O3S. The SMILES string of the molecule is CC(C)CC1(OC=O)CCN(C(=O)c2ccc(NSc3cccc4nccnc34)cc2)CC1. The molecule has 1 aliphatic heterocycles. The molecule has 8 heteroatoms. The zero-order chi connectivity index (χ0) is 23.3. The Labute approximate surface area is 198 Å². The Hall–Kier alpha value is -3.13. The van der Waals surface area contributed by atoms with Crippen molar-refractivity contribution < 1.29 is 14.3 Å². The van der Waals surface area contributed by atoms with Gasteiger partial charge in [0.1, 0.15) is 11.1 Å². The minimum atomic E-state index is -0.455. The summed E-state index contributed by atoms with van der Waals surface area (Å²) in [6, 6.07) is 13.4. The van der Waals surface area contributed by atoms with Crippen LogP contribution in [0.2, 0.25) is 0 Å². The summed E-state index contributed by atoms with van der Waals surface area (Å²) < 4.78 is 8.80. The molecule has 1 N–H and O–H groups in total. The molecule has 1 saturated heterocycles. The van der Waals surface area contributed by atoms with Crippen LogP contribution in [0.4, 0.5) is 5.69 Å². The first kappa shape index (κ1) is 23.0. The summed E-state index contributed by atoms with van der Waals surface area (Å²) in [7, 11) is 0. The molecule has 0 radical (unpaired) electrons. The van der Waals surface area contributed by atoms with E-state index in [1.54, 1.807) is 12.4 Å². The van der Waals surface area contributed by atoms with Gasteiger partial charge in [-0.2, -0.15) is 0 Å². The van der Waals surface area contributed by atoms with Crippen LogP contribution < -0.4 is 4.72 Å². The van der Waals surface area contributed by atoms with Crippen LogP contribution in [-0.4, -0.2) is 45.9 Å². The van der Waals surface area contributed by atoms with Crippen molar-refractivity contribution in [2.45, 2.75) is 43.6 Å². The van der Waals surface area contributed by atoms with Crippen molar-refractivity contribution in [2.75, 3.05) is 17.8 Å². The fraction of sp³-hybridized carbons (Fsp3) is 0.360. The number of amides is 1. The molecule has 2 heterocycles. The number of piperidine rings is 1. The van der Waals surface area contributed by atoms with Gasteiger partial charge in [-0.05, 0) is 60.7 Å². The number of ether oxygens (including phenoxy) is 1. The Morgan fingerprint density at radius 1 is 1.15 bits per heavy atom. The Balaban J connectivity index is 1.36. The number of nitrogens with zero attached hydrogens (tertiary/aromatic N) is 3. The van der Waals surface area contributed by atoms with Crippen molar-refractivity contribution in [1.82, 2.24) is 14.9 Å². The van der Waals surface area contributed by atoms with E-state index >= 15 is 0 Å². The van der Waals surface area contributed by atoms with Crippen LogP contribution in [0.25, 0.3) is 11.0 Å². The van der Waals surface area contributed by atoms with Crippen LogP contribution in [0.1, 0.15) is 43.5 Å². The monoisotopic (exact) mass is 464 g/mol. The van der Waals surface area contributed by atoms with E-state index in [-0.39, 0.29) is 5.91 Å². The highest BCUT2D eigenvalue weighted by molar-refractivity contribution is 8.00. The van der Waals surface area contributed by atoms with Gasteiger partial charge in [-0.15, -0.1) is 0 Å². The quantitative estimate of drug-likeness (QED) is 0.373. The number of hydrogen-bond acceptors (Lipinski definition) is 7. The van der Waals surface area contributed by atoms with Crippen LogP contribution in [0.3, 0.4) is 0 Å². The van der Waals surface area contributed by atoms with E-state index in [4.69, 9.17) is 4.74 Å². The summed E-state index contributed by atoms with van der Waals surface area (Å²) in [6.45, 7) is 5.95. The van der Waals surface area contributed by atoms with Crippen molar-refractivity contribution >= 4 is 41.0 Å². The fourth-order valence-electron chi connectivity index (χ4n) is 4.36. The molecule has 4 rings (SSSR count). The second-order valence-electron chi connectivity index (χ2n) is 8.75. The van der Waals surface area contributed by atoms with Gasteiger partial charge >= 0.3 is 0 Å². The number of likely N-dealkylation sites (tertiary alicyclic amines) is 1. The summed E-state index contributed by atoms with van der Waals surface area (Å²) in [6.07, 6.45) is 5.51. The number of para-hydroxylation sites is 1. The largest absolute Gasteiger partial charge is 0.461 e. The van der Waals surface area contributed by atoms with Gasteiger partial charge in [-0.3, -0.25) is 19.6 Å². The summed E-state index contributed by atoms with van der Waals surface area (Å²) in [5, 5.41) is 0. The van der Waals surface area contributed by atoms with E-state index in [0.717, 1.165) is 28.0 Å². The van der Waals surface area contributed by atoms with Crippen molar-refractivity contribution in [1.29, 1.82) is 0 Å². The first-order valence-corrected chi connectivity index (χ1v) is 11.9.